The van der Waals surface area contributed by atoms with Gasteiger partial charge in [-0.15, -0.1) is 0 Å². The number of rotatable bonds is 3. The summed E-state index contributed by atoms with van der Waals surface area (Å²) in [6.07, 6.45) is 0.469. The minimum absolute atomic E-state index is 0.469. The van der Waals surface area contributed by atoms with Crippen LogP contribution >= 0.6 is 0 Å². The van der Waals surface area contributed by atoms with E-state index in [0.29, 0.717) is 12.5 Å². The molecule has 117 valence electrons. The zero-order valence-electron chi connectivity index (χ0n) is 13.5. The number of nitrogens with zero attached hydrogens (tertiary/aromatic N) is 2. The molecule has 0 amide bonds. The lowest BCUT2D eigenvalue weighted by atomic mass is 10.1. The normalized spacial score (nSPS) is 24.6. The summed E-state index contributed by atoms with van der Waals surface area (Å²) in [5.41, 5.74) is 0. The minimum Gasteiger partial charge on any atom is -0.416 e. The smallest absolute Gasteiger partial charge is 0.365 e. The molecule has 0 aromatic carbocycles. The molecule has 1 rings (SSSR count). The Morgan fingerprint density at radius 2 is 1.29 bits per heavy atom. The summed E-state index contributed by atoms with van der Waals surface area (Å²) in [5, 5.41) is 17.7. The third-order valence-corrected chi connectivity index (χ3v) is 17.0. The van der Waals surface area contributed by atoms with Crippen LogP contribution < -0.4 is 0 Å². The van der Waals surface area contributed by atoms with Crippen molar-refractivity contribution in [3.05, 3.63) is 0 Å². The first-order valence-electron chi connectivity index (χ1n) is 6.92. The fourth-order valence-electron chi connectivity index (χ4n) is 2.34. The van der Waals surface area contributed by atoms with Crippen molar-refractivity contribution in [3.63, 3.8) is 0 Å². The highest BCUT2D eigenvalue weighted by atomic mass is 28.5. The molecule has 0 N–H and O–H groups in total. The highest BCUT2D eigenvalue weighted by Gasteiger charge is 2.47. The van der Waals surface area contributed by atoms with E-state index in [1.807, 2.05) is 51.4 Å². The van der Waals surface area contributed by atoms with Crippen LogP contribution in [0.2, 0.25) is 45.3 Å². The van der Waals surface area contributed by atoms with E-state index in [1.165, 1.54) is 0 Å². The summed E-state index contributed by atoms with van der Waals surface area (Å²) < 4.78 is 24.7. The quantitative estimate of drug-likeness (QED) is 0.720. The third-order valence-electron chi connectivity index (χ3n) is 2.65. The Hall–Kier alpha value is -0.312. The molecule has 0 atom stereocenters. The minimum atomic E-state index is -2.31. The molecule has 1 aliphatic heterocycles. The standard InChI is InChI=1S/C11H23N2O4Si4/c1-19(2)14-18(8-7-11(9-12)10-13)15-20(3,4)17-21(5,6)16-19/h11H,7-8H2,1-6H3. The summed E-state index contributed by atoms with van der Waals surface area (Å²) in [4.78, 5) is 0. The molecule has 1 fully saturated rings. The van der Waals surface area contributed by atoms with Gasteiger partial charge in [0.15, 0.2) is 0 Å². The second-order valence-corrected chi connectivity index (χ2v) is 19.2. The van der Waals surface area contributed by atoms with Crippen LogP contribution in [0.4, 0.5) is 0 Å². The molecular weight excluding hydrogens is 336 g/mol. The van der Waals surface area contributed by atoms with Crippen molar-refractivity contribution in [2.75, 3.05) is 0 Å². The van der Waals surface area contributed by atoms with Gasteiger partial charge in [0.25, 0.3) is 0 Å². The van der Waals surface area contributed by atoms with Gasteiger partial charge in [-0.3, -0.25) is 0 Å². The Bertz CT molecular complexity index is 422. The van der Waals surface area contributed by atoms with Crippen LogP contribution in [0.25, 0.3) is 0 Å². The van der Waals surface area contributed by atoms with Crippen molar-refractivity contribution in [1.29, 1.82) is 10.5 Å². The lowest BCUT2D eigenvalue weighted by Gasteiger charge is -2.43. The largest absolute Gasteiger partial charge is 0.416 e. The Balaban J connectivity index is 2.81. The summed E-state index contributed by atoms with van der Waals surface area (Å²) in [5.74, 6) is -0.609. The molecule has 0 bridgehead atoms. The highest BCUT2D eigenvalue weighted by Crippen LogP contribution is 2.28. The van der Waals surface area contributed by atoms with Gasteiger partial charge in [-0.2, -0.15) is 10.5 Å². The summed E-state index contributed by atoms with van der Waals surface area (Å²) in [7, 11) is -8.46. The van der Waals surface area contributed by atoms with E-state index in [-0.39, 0.29) is 0 Å². The molecule has 10 heteroatoms. The monoisotopic (exact) mass is 359 g/mol. The average molecular weight is 360 g/mol. The maximum Gasteiger partial charge on any atom is 0.365 e. The summed E-state index contributed by atoms with van der Waals surface area (Å²) in [6, 6.07) is 4.57. The van der Waals surface area contributed by atoms with Crippen molar-refractivity contribution in [2.24, 2.45) is 5.92 Å². The van der Waals surface area contributed by atoms with Crippen LogP contribution in [-0.2, 0) is 16.5 Å². The SMILES string of the molecule is C[Si]1(C)O[Si](CCC(C#N)C#N)O[Si](C)(C)O[Si](C)(C)O1. The third kappa shape index (κ3) is 6.54. The molecule has 0 aromatic rings. The molecule has 6 nitrogen and oxygen atoms in total. The molecule has 1 radical (unpaired) electrons. The van der Waals surface area contributed by atoms with Crippen LogP contribution in [0.5, 0.6) is 0 Å². The van der Waals surface area contributed by atoms with Crippen LogP contribution in [0, 0.1) is 28.6 Å². The zero-order valence-corrected chi connectivity index (χ0v) is 17.5. The van der Waals surface area contributed by atoms with Gasteiger partial charge in [0, 0.05) is 0 Å². The fraction of sp³-hybridized carbons (Fsp3) is 0.818. The lowest BCUT2D eigenvalue weighted by molar-refractivity contribution is 0.247. The second-order valence-electron chi connectivity index (χ2n) is 6.33. The average Bonchev–Trinajstić information content (AvgIpc) is 2.23. The van der Waals surface area contributed by atoms with Crippen molar-refractivity contribution < 1.29 is 16.5 Å². The second kappa shape index (κ2) is 6.85. The van der Waals surface area contributed by atoms with Crippen molar-refractivity contribution in [1.82, 2.24) is 0 Å². The van der Waals surface area contributed by atoms with E-state index >= 15 is 0 Å². The number of hydrogen-bond acceptors (Lipinski definition) is 6. The van der Waals surface area contributed by atoms with Crippen LogP contribution in [-0.4, -0.2) is 35.0 Å². The van der Waals surface area contributed by atoms with Crippen LogP contribution in [0.1, 0.15) is 6.42 Å². The summed E-state index contributed by atoms with van der Waals surface area (Å²) >= 11 is 0. The van der Waals surface area contributed by atoms with Gasteiger partial charge in [-0.1, -0.05) is 0 Å². The first-order valence-corrected chi connectivity index (χ1v) is 16.9. The maximum absolute atomic E-state index is 8.86. The van der Waals surface area contributed by atoms with E-state index in [4.69, 9.17) is 27.0 Å². The van der Waals surface area contributed by atoms with Gasteiger partial charge in [0.2, 0.25) is 0 Å². The van der Waals surface area contributed by atoms with Gasteiger partial charge in [-0.05, 0) is 51.7 Å². The van der Waals surface area contributed by atoms with Crippen LogP contribution in [0.15, 0.2) is 0 Å². The van der Waals surface area contributed by atoms with E-state index in [1.54, 1.807) is 0 Å². The van der Waals surface area contributed by atoms with Gasteiger partial charge in [0.1, 0.15) is 5.92 Å². The first kappa shape index (κ1) is 18.7. The van der Waals surface area contributed by atoms with Gasteiger partial charge >= 0.3 is 35.0 Å². The Kier molecular flexibility index (Phi) is 6.11. The zero-order chi connectivity index (χ0) is 16.3. The molecule has 21 heavy (non-hydrogen) atoms. The molecule has 1 saturated heterocycles. The Labute approximate surface area is 132 Å². The Morgan fingerprint density at radius 1 is 0.857 bits per heavy atom. The van der Waals surface area contributed by atoms with E-state index in [9.17, 15) is 0 Å². The molecule has 0 aliphatic carbocycles. The first-order chi connectivity index (χ1) is 9.49. The fourth-order valence-corrected chi connectivity index (χ4v) is 19.7. The molecule has 0 saturated carbocycles. The van der Waals surface area contributed by atoms with E-state index in [2.05, 4.69) is 0 Å². The summed E-state index contributed by atoms with van der Waals surface area (Å²) in [6.45, 7) is 12.0. The number of hydrogen-bond donors (Lipinski definition) is 0. The molecule has 0 aromatic heterocycles. The molecule has 1 heterocycles. The molecule has 0 unspecified atom stereocenters. The van der Waals surface area contributed by atoms with Crippen LogP contribution in [0.3, 0.4) is 0 Å². The number of nitriles is 2. The van der Waals surface area contributed by atoms with Crippen molar-refractivity contribution >= 4 is 35.0 Å². The topological polar surface area (TPSA) is 84.5 Å². The van der Waals surface area contributed by atoms with E-state index in [0.717, 1.165) is 0 Å². The predicted octanol–water partition coefficient (Wildman–Crippen LogP) is 2.71. The Morgan fingerprint density at radius 3 is 1.67 bits per heavy atom. The molecular formula is C11H23N2O4Si4. The molecule has 1 aliphatic rings. The molecule has 0 spiro atoms. The predicted molar refractivity (Wildman–Crippen MR) is 86.7 cm³/mol. The van der Waals surface area contributed by atoms with Gasteiger partial charge in [0.05, 0.1) is 12.1 Å². The highest BCUT2D eigenvalue weighted by molar-refractivity contribution is 6.89. The lowest BCUT2D eigenvalue weighted by Crippen LogP contribution is -2.61. The maximum atomic E-state index is 8.86. The van der Waals surface area contributed by atoms with Gasteiger partial charge in [-0.25, -0.2) is 0 Å². The van der Waals surface area contributed by atoms with Gasteiger partial charge < -0.3 is 16.5 Å². The van der Waals surface area contributed by atoms with Crippen molar-refractivity contribution in [2.45, 2.75) is 51.7 Å². The van der Waals surface area contributed by atoms with Crippen molar-refractivity contribution in [3.8, 4) is 12.1 Å². The van der Waals surface area contributed by atoms with E-state index < -0.39 is 40.9 Å².